The summed E-state index contributed by atoms with van der Waals surface area (Å²) < 4.78 is 14.4. The molecular formula is C19H32FNO2. The Hall–Kier alpha value is -0.190. The van der Waals surface area contributed by atoms with Crippen LogP contribution in [0.3, 0.4) is 0 Å². The normalized spacial score (nSPS) is 62.3. The molecule has 0 aliphatic heterocycles. The molecule has 0 amide bonds. The molecule has 4 rings (SSSR count). The van der Waals surface area contributed by atoms with Gasteiger partial charge < -0.3 is 15.9 Å². The molecule has 0 spiro atoms. The first-order valence-electron chi connectivity index (χ1n) is 9.53. The fourth-order valence-corrected chi connectivity index (χ4v) is 7.21. The van der Waals surface area contributed by atoms with Crippen LogP contribution in [0.2, 0.25) is 0 Å². The lowest BCUT2D eigenvalue weighted by Gasteiger charge is -2.62. The molecule has 0 aromatic carbocycles. The van der Waals surface area contributed by atoms with Gasteiger partial charge in [0.2, 0.25) is 0 Å². The van der Waals surface area contributed by atoms with Crippen LogP contribution in [0.4, 0.5) is 4.39 Å². The van der Waals surface area contributed by atoms with Gasteiger partial charge in [-0.25, -0.2) is 4.39 Å². The number of rotatable bonds is 0. The van der Waals surface area contributed by atoms with E-state index in [9.17, 15) is 14.6 Å². The Morgan fingerprint density at radius 3 is 2.39 bits per heavy atom. The molecule has 0 bridgehead atoms. The minimum absolute atomic E-state index is 0.154. The van der Waals surface area contributed by atoms with Crippen LogP contribution in [-0.2, 0) is 0 Å². The molecule has 4 saturated carbocycles. The molecule has 4 fully saturated rings. The fraction of sp³-hybridized carbons (Fsp3) is 1.00. The van der Waals surface area contributed by atoms with Gasteiger partial charge in [0.25, 0.3) is 0 Å². The van der Waals surface area contributed by atoms with Crippen molar-refractivity contribution in [2.24, 2.45) is 40.2 Å². The Balaban J connectivity index is 1.68. The molecular weight excluding hydrogens is 293 g/mol. The summed E-state index contributed by atoms with van der Waals surface area (Å²) >= 11 is 0. The van der Waals surface area contributed by atoms with Gasteiger partial charge in [0.05, 0.1) is 12.2 Å². The second kappa shape index (κ2) is 5.15. The number of alkyl halides is 1. The predicted molar refractivity (Wildman–Crippen MR) is 87.4 cm³/mol. The smallest absolute Gasteiger partial charge is 0.116 e. The molecule has 4 N–H and O–H groups in total. The maximum atomic E-state index is 14.4. The van der Waals surface area contributed by atoms with Crippen molar-refractivity contribution in [3.8, 4) is 0 Å². The summed E-state index contributed by atoms with van der Waals surface area (Å²) in [6.45, 7) is 4.53. The van der Waals surface area contributed by atoms with E-state index >= 15 is 0 Å². The van der Waals surface area contributed by atoms with Crippen molar-refractivity contribution in [2.45, 2.75) is 83.2 Å². The van der Waals surface area contributed by atoms with Crippen molar-refractivity contribution in [2.75, 3.05) is 0 Å². The van der Waals surface area contributed by atoms with Gasteiger partial charge >= 0.3 is 0 Å². The van der Waals surface area contributed by atoms with Gasteiger partial charge in [-0.05, 0) is 79.4 Å². The van der Waals surface area contributed by atoms with Crippen LogP contribution in [0.15, 0.2) is 0 Å². The summed E-state index contributed by atoms with van der Waals surface area (Å²) in [6.07, 6.45) is 4.59. The molecule has 0 heterocycles. The SMILES string of the molecule is C[C@]12CCC(O)CC1CC(O)[C@@H]1[C@H]2CC[C@]2(C)C(N)C(F)C[C@@H]12. The molecule has 0 aromatic rings. The lowest BCUT2D eigenvalue weighted by molar-refractivity contribution is -0.169. The van der Waals surface area contributed by atoms with Crippen LogP contribution in [0.1, 0.15) is 58.8 Å². The van der Waals surface area contributed by atoms with Gasteiger partial charge in [-0.1, -0.05) is 13.8 Å². The maximum absolute atomic E-state index is 14.4. The predicted octanol–water partition coefficient (Wildman–Crippen LogP) is 2.64. The zero-order valence-corrected chi connectivity index (χ0v) is 14.4. The van der Waals surface area contributed by atoms with Crippen LogP contribution in [0, 0.1) is 34.5 Å². The Morgan fingerprint density at radius 1 is 0.957 bits per heavy atom. The molecule has 132 valence electrons. The molecule has 0 radical (unpaired) electrons. The van der Waals surface area contributed by atoms with Gasteiger partial charge in [0.1, 0.15) is 6.17 Å². The largest absolute Gasteiger partial charge is 0.393 e. The van der Waals surface area contributed by atoms with Crippen LogP contribution in [0.5, 0.6) is 0 Å². The van der Waals surface area contributed by atoms with E-state index in [1.807, 2.05) is 0 Å². The molecule has 4 heteroatoms. The molecule has 23 heavy (non-hydrogen) atoms. The Bertz CT molecular complexity index is 488. The highest BCUT2D eigenvalue weighted by molar-refractivity contribution is 5.14. The minimum Gasteiger partial charge on any atom is -0.393 e. The Kier molecular flexibility index (Phi) is 3.65. The monoisotopic (exact) mass is 325 g/mol. The zero-order chi connectivity index (χ0) is 16.6. The van der Waals surface area contributed by atoms with E-state index in [1.54, 1.807) is 0 Å². The summed E-state index contributed by atoms with van der Waals surface area (Å²) in [4.78, 5) is 0. The van der Waals surface area contributed by atoms with E-state index in [2.05, 4.69) is 13.8 Å². The number of aliphatic hydroxyl groups excluding tert-OH is 2. The third-order valence-corrected chi connectivity index (χ3v) is 8.72. The van der Waals surface area contributed by atoms with Crippen molar-refractivity contribution in [3.05, 3.63) is 0 Å². The first kappa shape index (κ1) is 16.3. The fourth-order valence-electron chi connectivity index (χ4n) is 7.21. The van der Waals surface area contributed by atoms with E-state index < -0.39 is 6.17 Å². The van der Waals surface area contributed by atoms with Crippen LogP contribution < -0.4 is 5.73 Å². The van der Waals surface area contributed by atoms with E-state index in [-0.39, 0.29) is 40.9 Å². The molecule has 3 nitrogen and oxygen atoms in total. The van der Waals surface area contributed by atoms with Gasteiger partial charge in [0, 0.05) is 6.04 Å². The first-order valence-corrected chi connectivity index (χ1v) is 9.53. The quantitative estimate of drug-likeness (QED) is 0.641. The summed E-state index contributed by atoms with van der Waals surface area (Å²) in [7, 11) is 0. The van der Waals surface area contributed by atoms with Crippen molar-refractivity contribution < 1.29 is 14.6 Å². The second-order valence-electron chi connectivity index (χ2n) is 9.55. The van der Waals surface area contributed by atoms with E-state index in [0.717, 1.165) is 38.5 Å². The van der Waals surface area contributed by atoms with Gasteiger partial charge in [-0.15, -0.1) is 0 Å². The van der Waals surface area contributed by atoms with Crippen molar-refractivity contribution in [1.82, 2.24) is 0 Å². The number of halogens is 1. The number of hydrogen-bond donors (Lipinski definition) is 3. The highest BCUT2D eigenvalue weighted by atomic mass is 19.1. The van der Waals surface area contributed by atoms with Crippen LogP contribution >= 0.6 is 0 Å². The summed E-state index contributed by atoms with van der Waals surface area (Å²) in [5.74, 6) is 1.27. The van der Waals surface area contributed by atoms with Gasteiger partial charge in [0.15, 0.2) is 0 Å². The summed E-state index contributed by atoms with van der Waals surface area (Å²) in [5.41, 5.74) is 6.27. The number of fused-ring (bicyclic) bond motifs is 5. The summed E-state index contributed by atoms with van der Waals surface area (Å²) in [6, 6.07) is -0.376. The van der Waals surface area contributed by atoms with E-state index in [0.29, 0.717) is 18.3 Å². The summed E-state index contributed by atoms with van der Waals surface area (Å²) in [5, 5.41) is 21.0. The number of hydrogen-bond acceptors (Lipinski definition) is 3. The van der Waals surface area contributed by atoms with Crippen molar-refractivity contribution in [1.29, 1.82) is 0 Å². The average molecular weight is 325 g/mol. The lowest BCUT2D eigenvalue weighted by Crippen LogP contribution is -2.59. The first-order chi connectivity index (χ1) is 10.8. The molecule has 5 unspecified atom stereocenters. The van der Waals surface area contributed by atoms with E-state index in [4.69, 9.17) is 5.73 Å². The standard InChI is InChI=1S/C19H32FNO2/c1-18-5-3-11(22)7-10(18)8-15(23)16-12(18)4-6-19(2)13(16)9-14(20)17(19)21/h10-17,22-23H,3-9,21H2,1-2H3/t10?,11?,12-,13+,14?,15?,16-,17?,18+,19+/m1/s1. The zero-order valence-electron chi connectivity index (χ0n) is 14.4. The van der Waals surface area contributed by atoms with Gasteiger partial charge in [-0.3, -0.25) is 0 Å². The highest BCUT2D eigenvalue weighted by Gasteiger charge is 2.63. The maximum Gasteiger partial charge on any atom is 0.116 e. The average Bonchev–Trinajstić information content (AvgIpc) is 2.73. The second-order valence-corrected chi connectivity index (χ2v) is 9.55. The van der Waals surface area contributed by atoms with E-state index in [1.165, 1.54) is 0 Å². The Labute approximate surface area is 138 Å². The van der Waals surface area contributed by atoms with Crippen molar-refractivity contribution in [3.63, 3.8) is 0 Å². The molecule has 0 saturated heterocycles. The van der Waals surface area contributed by atoms with Gasteiger partial charge in [-0.2, -0.15) is 0 Å². The molecule has 4 aliphatic rings. The topological polar surface area (TPSA) is 66.5 Å². The molecule has 10 atom stereocenters. The molecule has 0 aromatic heterocycles. The third kappa shape index (κ3) is 2.10. The Morgan fingerprint density at radius 2 is 1.65 bits per heavy atom. The lowest BCUT2D eigenvalue weighted by atomic mass is 9.44. The minimum atomic E-state index is -0.922. The van der Waals surface area contributed by atoms with Crippen LogP contribution in [-0.4, -0.2) is 34.6 Å². The molecule has 4 aliphatic carbocycles. The number of nitrogens with two attached hydrogens (primary N) is 1. The van der Waals surface area contributed by atoms with Crippen molar-refractivity contribution >= 4 is 0 Å². The van der Waals surface area contributed by atoms with Crippen LogP contribution in [0.25, 0.3) is 0 Å². The number of aliphatic hydroxyl groups is 2. The highest BCUT2D eigenvalue weighted by Crippen LogP contribution is 2.66. The third-order valence-electron chi connectivity index (χ3n) is 8.72.